The van der Waals surface area contributed by atoms with Crippen LogP contribution in [0.2, 0.25) is 0 Å². The molecule has 3 amide bonds. The number of aromatic amines is 1. The topological polar surface area (TPSA) is 122 Å². The summed E-state index contributed by atoms with van der Waals surface area (Å²) in [6.45, 7) is 0.651. The Morgan fingerprint density at radius 2 is 1.85 bits per heavy atom. The van der Waals surface area contributed by atoms with Crippen LogP contribution in [0, 0.1) is 0 Å². The first-order valence-corrected chi connectivity index (χ1v) is 13.0. The van der Waals surface area contributed by atoms with Gasteiger partial charge in [-0.15, -0.1) is 0 Å². The minimum absolute atomic E-state index is 0.137. The zero-order valence-electron chi connectivity index (χ0n) is 21.8. The van der Waals surface area contributed by atoms with Crippen molar-refractivity contribution in [3.05, 3.63) is 89.6 Å². The smallest absolute Gasteiger partial charge is 0.258 e. The zero-order valence-corrected chi connectivity index (χ0v) is 21.8. The summed E-state index contributed by atoms with van der Waals surface area (Å²) in [7, 11) is 1.49. The largest absolute Gasteiger partial charge is 0.493 e. The molecule has 1 fully saturated rings. The maximum atomic E-state index is 13.5. The van der Waals surface area contributed by atoms with E-state index in [1.807, 2.05) is 48.7 Å². The van der Waals surface area contributed by atoms with Gasteiger partial charge in [0.25, 0.3) is 17.7 Å². The third kappa shape index (κ3) is 5.15. The van der Waals surface area contributed by atoms with Crippen LogP contribution in [-0.2, 0) is 11.3 Å². The highest BCUT2D eigenvalue weighted by atomic mass is 16.5. The number of benzene rings is 3. The van der Waals surface area contributed by atoms with Crippen molar-refractivity contribution in [1.29, 1.82) is 0 Å². The standard InChI is InChI=1S/C30H28N4O6/c1-38-25-9-5-20-13-26(25)39-17-28(35)32-14-18-2-6-22(7-3-18)40-27-16-34(15-24(27)33-29(20)36)30(37)21-4-8-23-19(12-21)10-11-31-23/h2-13,24,27,31H,14-17H2,1H3,(H,32,35)(H,33,36)/t24-,27-/m0/s1. The minimum Gasteiger partial charge on any atom is -0.493 e. The SMILES string of the molecule is COc1ccc2cc1OCC(=O)NCc1ccc(cc1)O[C@H]1CN(C(=O)c3ccc4[nH]ccc4c3)C[C@@H]1NC2=O. The van der Waals surface area contributed by atoms with Gasteiger partial charge in [0.15, 0.2) is 18.1 Å². The number of methoxy groups -OCH3 is 1. The highest BCUT2D eigenvalue weighted by molar-refractivity contribution is 5.99. The molecule has 10 heteroatoms. The van der Waals surface area contributed by atoms with Gasteiger partial charge in [-0.2, -0.15) is 0 Å². The van der Waals surface area contributed by atoms with Gasteiger partial charge in [0.05, 0.1) is 19.7 Å². The molecule has 40 heavy (non-hydrogen) atoms. The van der Waals surface area contributed by atoms with Gasteiger partial charge in [0.2, 0.25) is 0 Å². The van der Waals surface area contributed by atoms with E-state index in [0.29, 0.717) is 35.7 Å². The number of H-pyrrole nitrogens is 1. The lowest BCUT2D eigenvalue weighted by Gasteiger charge is -2.21. The molecule has 3 aliphatic rings. The number of fused-ring (bicyclic) bond motifs is 8. The van der Waals surface area contributed by atoms with Crippen molar-refractivity contribution in [2.24, 2.45) is 0 Å². The summed E-state index contributed by atoms with van der Waals surface area (Å²) in [5, 5.41) is 6.81. The van der Waals surface area contributed by atoms with E-state index in [9.17, 15) is 14.4 Å². The van der Waals surface area contributed by atoms with Gasteiger partial charge < -0.3 is 34.7 Å². The second-order valence-electron chi connectivity index (χ2n) is 9.80. The molecule has 3 aromatic carbocycles. The van der Waals surface area contributed by atoms with Gasteiger partial charge >= 0.3 is 0 Å². The molecule has 3 N–H and O–H groups in total. The Hall–Kier alpha value is -4.99. The highest BCUT2D eigenvalue weighted by Gasteiger charge is 2.38. The number of carbonyl (C=O) groups excluding carboxylic acids is 3. The Labute approximate surface area is 230 Å². The number of rotatable bonds is 2. The van der Waals surface area contributed by atoms with Crippen LogP contribution in [0.4, 0.5) is 0 Å². The molecule has 0 spiro atoms. The van der Waals surface area contributed by atoms with E-state index >= 15 is 0 Å². The van der Waals surface area contributed by atoms with E-state index in [0.717, 1.165) is 16.5 Å². The van der Waals surface area contributed by atoms with Crippen molar-refractivity contribution in [1.82, 2.24) is 20.5 Å². The lowest BCUT2D eigenvalue weighted by molar-refractivity contribution is -0.123. The number of hydrogen-bond donors (Lipinski definition) is 3. The Kier molecular flexibility index (Phi) is 6.73. The van der Waals surface area contributed by atoms with E-state index in [4.69, 9.17) is 14.2 Å². The molecule has 7 rings (SSSR count). The molecule has 4 bridgehead atoms. The van der Waals surface area contributed by atoms with Gasteiger partial charge in [0, 0.05) is 41.3 Å². The van der Waals surface area contributed by atoms with Crippen molar-refractivity contribution < 1.29 is 28.6 Å². The molecule has 4 aromatic rings. The number of ether oxygens (including phenoxy) is 3. The predicted molar refractivity (Wildman–Crippen MR) is 147 cm³/mol. The van der Waals surface area contributed by atoms with Crippen LogP contribution in [0.15, 0.2) is 72.9 Å². The fourth-order valence-electron chi connectivity index (χ4n) is 5.00. The van der Waals surface area contributed by atoms with Gasteiger partial charge in [-0.3, -0.25) is 14.4 Å². The number of nitrogens with one attached hydrogen (secondary N) is 3. The van der Waals surface area contributed by atoms with Crippen LogP contribution >= 0.6 is 0 Å². The lowest BCUT2D eigenvalue weighted by Crippen LogP contribution is -2.45. The van der Waals surface area contributed by atoms with Gasteiger partial charge in [0.1, 0.15) is 11.9 Å². The zero-order chi connectivity index (χ0) is 27.6. The molecule has 0 radical (unpaired) electrons. The third-order valence-electron chi connectivity index (χ3n) is 7.16. The summed E-state index contributed by atoms with van der Waals surface area (Å²) in [6.07, 6.45) is 1.35. The monoisotopic (exact) mass is 540 g/mol. The van der Waals surface area contributed by atoms with E-state index in [-0.39, 0.29) is 36.6 Å². The van der Waals surface area contributed by atoms with Crippen LogP contribution in [0.5, 0.6) is 17.2 Å². The summed E-state index contributed by atoms with van der Waals surface area (Å²) in [5.74, 6) is 0.462. The molecular formula is C30H28N4O6. The Bertz CT molecular complexity index is 1580. The van der Waals surface area contributed by atoms with Crippen LogP contribution < -0.4 is 24.8 Å². The van der Waals surface area contributed by atoms with E-state index < -0.39 is 12.1 Å². The van der Waals surface area contributed by atoms with E-state index in [1.165, 1.54) is 13.2 Å². The van der Waals surface area contributed by atoms with Crippen LogP contribution in [-0.4, -0.2) is 66.6 Å². The summed E-state index contributed by atoms with van der Waals surface area (Å²) >= 11 is 0. The molecule has 1 aromatic heterocycles. The average molecular weight is 541 g/mol. The molecule has 0 unspecified atom stereocenters. The van der Waals surface area contributed by atoms with E-state index in [2.05, 4.69) is 15.6 Å². The molecule has 3 aliphatic heterocycles. The minimum atomic E-state index is -0.487. The van der Waals surface area contributed by atoms with Crippen molar-refractivity contribution in [2.45, 2.75) is 18.7 Å². The van der Waals surface area contributed by atoms with Crippen molar-refractivity contribution in [3.63, 3.8) is 0 Å². The van der Waals surface area contributed by atoms with Crippen LogP contribution in [0.1, 0.15) is 26.3 Å². The molecular weight excluding hydrogens is 512 g/mol. The maximum Gasteiger partial charge on any atom is 0.258 e. The van der Waals surface area contributed by atoms with Crippen LogP contribution in [0.3, 0.4) is 0 Å². The summed E-state index contributed by atoms with van der Waals surface area (Å²) in [4.78, 5) is 44.1. The summed E-state index contributed by atoms with van der Waals surface area (Å²) in [5.41, 5.74) is 2.73. The second kappa shape index (κ2) is 10.6. The number of nitrogens with zero attached hydrogens (tertiary/aromatic N) is 1. The summed E-state index contributed by atoms with van der Waals surface area (Å²) < 4.78 is 17.4. The number of hydrogen-bond acceptors (Lipinski definition) is 6. The van der Waals surface area contributed by atoms with Crippen molar-refractivity contribution in [3.8, 4) is 17.2 Å². The molecule has 1 saturated heterocycles. The van der Waals surface area contributed by atoms with Crippen molar-refractivity contribution in [2.75, 3.05) is 26.8 Å². The van der Waals surface area contributed by atoms with Gasteiger partial charge in [-0.25, -0.2) is 0 Å². The van der Waals surface area contributed by atoms with Gasteiger partial charge in [-0.05, 0) is 60.2 Å². The molecule has 0 saturated carbocycles. The third-order valence-corrected chi connectivity index (χ3v) is 7.16. The normalized spacial score (nSPS) is 19.2. The van der Waals surface area contributed by atoms with Crippen LogP contribution in [0.25, 0.3) is 10.9 Å². The number of amides is 3. The Morgan fingerprint density at radius 3 is 2.67 bits per heavy atom. The first-order valence-electron chi connectivity index (χ1n) is 13.0. The first-order chi connectivity index (χ1) is 19.5. The van der Waals surface area contributed by atoms with Crippen molar-refractivity contribution >= 4 is 28.6 Å². The predicted octanol–water partition coefficient (Wildman–Crippen LogP) is 2.89. The molecule has 2 atom stereocenters. The maximum absolute atomic E-state index is 13.5. The highest BCUT2D eigenvalue weighted by Crippen LogP contribution is 2.29. The fourth-order valence-corrected chi connectivity index (χ4v) is 5.00. The van der Waals surface area contributed by atoms with Gasteiger partial charge in [-0.1, -0.05) is 12.1 Å². The first kappa shape index (κ1) is 25.3. The number of likely N-dealkylation sites (tertiary alicyclic amines) is 1. The fraction of sp³-hybridized carbons (Fsp3) is 0.233. The lowest BCUT2D eigenvalue weighted by atomic mass is 10.1. The Balaban J connectivity index is 1.30. The second-order valence-corrected chi connectivity index (χ2v) is 9.80. The molecule has 4 heterocycles. The number of carbonyl (C=O) groups is 3. The number of aromatic nitrogens is 1. The quantitative estimate of drug-likeness (QED) is 0.360. The summed E-state index contributed by atoms with van der Waals surface area (Å²) in [6, 6.07) is 19.1. The Morgan fingerprint density at radius 1 is 1.00 bits per heavy atom. The van der Waals surface area contributed by atoms with E-state index in [1.54, 1.807) is 23.1 Å². The average Bonchev–Trinajstić information content (AvgIpc) is 3.61. The molecule has 10 nitrogen and oxygen atoms in total. The molecule has 204 valence electrons. The molecule has 0 aliphatic carbocycles.